The highest BCUT2D eigenvalue weighted by Gasteiger charge is 2.25. The molecule has 1 aliphatic rings. The Morgan fingerprint density at radius 2 is 1.67 bits per heavy atom. The van der Waals surface area contributed by atoms with E-state index >= 15 is 0 Å². The van der Waals surface area contributed by atoms with E-state index < -0.39 is 10.0 Å². The molecule has 1 aliphatic heterocycles. The van der Waals surface area contributed by atoms with Gasteiger partial charge in [-0.25, -0.2) is 12.8 Å². The van der Waals surface area contributed by atoms with Crippen LogP contribution in [0.5, 0.6) is 0 Å². The topological polar surface area (TPSA) is 40.6 Å². The van der Waals surface area contributed by atoms with Gasteiger partial charge in [0.25, 0.3) is 0 Å². The summed E-state index contributed by atoms with van der Waals surface area (Å²) in [6, 6.07) is 22.6. The molecule has 0 amide bonds. The van der Waals surface area contributed by atoms with Crippen LogP contribution in [0.1, 0.15) is 41.0 Å². The average Bonchev–Trinajstić information content (AvgIpc) is 2.79. The van der Waals surface area contributed by atoms with E-state index in [1.807, 2.05) is 61.5 Å². The first-order valence-electron chi connectivity index (χ1n) is 11.4. The predicted octanol–water partition coefficient (Wildman–Crippen LogP) is 5.48. The maximum atomic E-state index is 13.2. The molecular formula is C27H31FN2O2S. The summed E-state index contributed by atoms with van der Waals surface area (Å²) in [6.07, 6.45) is 3.30. The molecular weight excluding hydrogens is 435 g/mol. The van der Waals surface area contributed by atoms with E-state index in [9.17, 15) is 12.8 Å². The lowest BCUT2D eigenvalue weighted by Gasteiger charge is -2.33. The molecule has 3 aromatic rings. The number of benzene rings is 3. The van der Waals surface area contributed by atoms with Gasteiger partial charge in [0.15, 0.2) is 0 Å². The van der Waals surface area contributed by atoms with Crippen LogP contribution in [0.4, 0.5) is 10.1 Å². The standard InChI is InChI=1S/C27H31FN2O2S/c1-21-6-5-8-26(18-21)30(33(2,31)32)20-24-7-3-4-9-27(24)23-14-16-29(17-15-23)19-22-10-12-25(28)13-11-22/h3-13,18,23H,14-17,19-20H2,1-2H3. The Labute approximate surface area is 196 Å². The summed E-state index contributed by atoms with van der Waals surface area (Å²) in [7, 11) is -3.43. The summed E-state index contributed by atoms with van der Waals surface area (Å²) in [4.78, 5) is 2.40. The molecule has 0 N–H and O–H groups in total. The fraction of sp³-hybridized carbons (Fsp3) is 0.333. The van der Waals surface area contributed by atoms with Crippen molar-refractivity contribution in [3.63, 3.8) is 0 Å². The van der Waals surface area contributed by atoms with Crippen molar-refractivity contribution in [2.24, 2.45) is 0 Å². The Kier molecular flexibility index (Phi) is 7.15. The second kappa shape index (κ2) is 10.1. The Morgan fingerprint density at radius 1 is 0.970 bits per heavy atom. The molecule has 1 saturated heterocycles. The van der Waals surface area contributed by atoms with Crippen molar-refractivity contribution in [2.45, 2.75) is 38.8 Å². The van der Waals surface area contributed by atoms with Crippen LogP contribution in [0, 0.1) is 12.7 Å². The molecule has 1 heterocycles. The number of aryl methyl sites for hydroxylation is 1. The summed E-state index contributed by atoms with van der Waals surface area (Å²) in [5.74, 6) is 0.187. The van der Waals surface area contributed by atoms with E-state index in [-0.39, 0.29) is 5.82 Å². The third-order valence-electron chi connectivity index (χ3n) is 6.41. The largest absolute Gasteiger partial charge is 0.299 e. The second-order valence-electron chi connectivity index (χ2n) is 8.98. The minimum Gasteiger partial charge on any atom is -0.299 e. The van der Waals surface area contributed by atoms with E-state index in [1.54, 1.807) is 0 Å². The highest BCUT2D eigenvalue weighted by Crippen LogP contribution is 2.33. The van der Waals surface area contributed by atoms with Gasteiger partial charge >= 0.3 is 0 Å². The first-order valence-corrected chi connectivity index (χ1v) is 13.2. The minimum absolute atomic E-state index is 0.206. The van der Waals surface area contributed by atoms with Gasteiger partial charge in [-0.3, -0.25) is 9.21 Å². The number of sulfonamides is 1. The van der Waals surface area contributed by atoms with Crippen molar-refractivity contribution < 1.29 is 12.8 Å². The second-order valence-corrected chi connectivity index (χ2v) is 10.9. The van der Waals surface area contributed by atoms with Crippen molar-refractivity contribution in [2.75, 3.05) is 23.7 Å². The number of anilines is 1. The molecule has 4 rings (SSSR count). The fourth-order valence-corrected chi connectivity index (χ4v) is 5.53. The number of likely N-dealkylation sites (tertiary alicyclic amines) is 1. The van der Waals surface area contributed by atoms with Crippen LogP contribution in [0.2, 0.25) is 0 Å². The molecule has 0 unspecified atom stereocenters. The van der Waals surface area contributed by atoms with Gasteiger partial charge in [-0.05, 0) is 85.3 Å². The normalized spacial score (nSPS) is 15.5. The van der Waals surface area contributed by atoms with E-state index in [0.717, 1.165) is 49.2 Å². The Hall–Kier alpha value is -2.70. The molecule has 3 aromatic carbocycles. The van der Waals surface area contributed by atoms with Crippen LogP contribution in [-0.4, -0.2) is 32.7 Å². The first-order chi connectivity index (χ1) is 15.8. The number of halogens is 1. The number of rotatable bonds is 7. The summed E-state index contributed by atoms with van der Waals surface area (Å²) < 4.78 is 40.0. The molecule has 0 spiro atoms. The average molecular weight is 467 g/mol. The summed E-state index contributed by atoms with van der Waals surface area (Å²) in [5, 5.41) is 0. The van der Waals surface area contributed by atoms with Crippen LogP contribution in [-0.2, 0) is 23.1 Å². The molecule has 174 valence electrons. The van der Waals surface area contributed by atoms with Gasteiger partial charge in [0.05, 0.1) is 18.5 Å². The molecule has 4 nitrogen and oxygen atoms in total. The van der Waals surface area contributed by atoms with Crippen LogP contribution in [0.3, 0.4) is 0 Å². The van der Waals surface area contributed by atoms with Gasteiger partial charge in [-0.2, -0.15) is 0 Å². The van der Waals surface area contributed by atoms with Crippen LogP contribution in [0.25, 0.3) is 0 Å². The molecule has 0 saturated carbocycles. The van der Waals surface area contributed by atoms with E-state index in [1.165, 1.54) is 28.3 Å². The zero-order valence-electron chi connectivity index (χ0n) is 19.2. The third-order valence-corrected chi connectivity index (χ3v) is 7.55. The zero-order chi connectivity index (χ0) is 23.4. The maximum Gasteiger partial charge on any atom is 0.232 e. The molecule has 33 heavy (non-hydrogen) atoms. The van der Waals surface area contributed by atoms with Gasteiger partial charge < -0.3 is 0 Å². The molecule has 0 aliphatic carbocycles. The SMILES string of the molecule is Cc1cccc(N(Cc2ccccc2C2CCN(Cc3ccc(F)cc3)CC2)S(C)(=O)=O)c1. The lowest BCUT2D eigenvalue weighted by atomic mass is 9.86. The van der Waals surface area contributed by atoms with Gasteiger partial charge in [0.2, 0.25) is 10.0 Å². The number of hydrogen-bond acceptors (Lipinski definition) is 3. The summed E-state index contributed by atoms with van der Waals surface area (Å²) in [6.45, 7) is 5.05. The van der Waals surface area contributed by atoms with Gasteiger partial charge in [0, 0.05) is 6.54 Å². The van der Waals surface area contributed by atoms with Crippen molar-refractivity contribution in [1.82, 2.24) is 4.90 Å². The third kappa shape index (κ3) is 6.01. The fourth-order valence-electron chi connectivity index (χ4n) is 4.66. The Morgan fingerprint density at radius 3 is 2.33 bits per heavy atom. The monoisotopic (exact) mass is 466 g/mol. The highest BCUT2D eigenvalue weighted by molar-refractivity contribution is 7.92. The first kappa shape index (κ1) is 23.5. The Bertz CT molecular complexity index is 1190. The van der Waals surface area contributed by atoms with Crippen LogP contribution < -0.4 is 4.31 Å². The lowest BCUT2D eigenvalue weighted by Crippen LogP contribution is -2.33. The number of hydrogen-bond donors (Lipinski definition) is 0. The Balaban J connectivity index is 1.49. The lowest BCUT2D eigenvalue weighted by molar-refractivity contribution is 0.204. The van der Waals surface area contributed by atoms with Gasteiger partial charge in [-0.15, -0.1) is 0 Å². The van der Waals surface area contributed by atoms with Crippen molar-refractivity contribution in [3.8, 4) is 0 Å². The van der Waals surface area contributed by atoms with Crippen molar-refractivity contribution in [1.29, 1.82) is 0 Å². The summed E-state index contributed by atoms with van der Waals surface area (Å²) >= 11 is 0. The van der Waals surface area contributed by atoms with E-state index in [2.05, 4.69) is 11.0 Å². The molecule has 0 atom stereocenters. The van der Waals surface area contributed by atoms with Crippen LogP contribution >= 0.6 is 0 Å². The van der Waals surface area contributed by atoms with E-state index in [4.69, 9.17) is 0 Å². The molecule has 0 radical (unpaired) electrons. The number of nitrogens with zero attached hydrogens (tertiary/aromatic N) is 2. The van der Waals surface area contributed by atoms with Gasteiger partial charge in [-0.1, -0.05) is 48.5 Å². The molecule has 6 heteroatoms. The van der Waals surface area contributed by atoms with E-state index in [0.29, 0.717) is 18.2 Å². The number of piperidine rings is 1. The molecule has 1 fully saturated rings. The zero-order valence-corrected chi connectivity index (χ0v) is 20.1. The molecule has 0 bridgehead atoms. The van der Waals surface area contributed by atoms with Crippen LogP contribution in [0.15, 0.2) is 72.8 Å². The summed E-state index contributed by atoms with van der Waals surface area (Å²) in [5.41, 5.74) is 5.14. The minimum atomic E-state index is -3.43. The van der Waals surface area contributed by atoms with Gasteiger partial charge in [0.1, 0.15) is 5.82 Å². The van der Waals surface area contributed by atoms with Crippen molar-refractivity contribution in [3.05, 3.63) is 101 Å². The molecule has 0 aromatic heterocycles. The predicted molar refractivity (Wildman–Crippen MR) is 132 cm³/mol. The highest BCUT2D eigenvalue weighted by atomic mass is 32.2. The maximum absolute atomic E-state index is 13.2. The smallest absolute Gasteiger partial charge is 0.232 e. The quantitative estimate of drug-likeness (QED) is 0.463. The van der Waals surface area contributed by atoms with Crippen molar-refractivity contribution >= 4 is 15.7 Å².